The molecule has 1 aromatic carbocycles. The summed E-state index contributed by atoms with van der Waals surface area (Å²) in [6, 6.07) is 6.60. The third-order valence-electron chi connectivity index (χ3n) is 1.82. The Morgan fingerprint density at radius 3 is 2.38 bits per heavy atom. The molecule has 0 spiro atoms. The summed E-state index contributed by atoms with van der Waals surface area (Å²) in [5, 5.41) is 21.8. The monoisotopic (exact) mass is 224 g/mol. The van der Waals surface area contributed by atoms with Crippen LogP contribution in [-0.4, -0.2) is 34.9 Å². The lowest BCUT2D eigenvalue weighted by atomic mass is 10.3. The zero-order valence-corrected chi connectivity index (χ0v) is 8.38. The van der Waals surface area contributed by atoms with E-state index in [2.05, 4.69) is 10.6 Å². The molecule has 16 heavy (non-hydrogen) atoms. The molecule has 2 amide bonds. The number of hydrogen-bond donors (Lipinski definition) is 4. The molecule has 0 fully saturated rings. The smallest absolute Gasteiger partial charge is 0.328 e. The Balaban J connectivity index is 2.50. The lowest BCUT2D eigenvalue weighted by molar-refractivity contribution is -0.140. The van der Waals surface area contributed by atoms with Crippen LogP contribution in [0.15, 0.2) is 30.3 Å². The van der Waals surface area contributed by atoms with Crippen LogP contribution in [0.5, 0.6) is 0 Å². The summed E-state index contributed by atoms with van der Waals surface area (Å²) in [6.07, 6.45) is 0. The molecule has 0 bridgehead atoms. The molecule has 1 atom stereocenters. The van der Waals surface area contributed by atoms with Gasteiger partial charge in [-0.2, -0.15) is 0 Å². The zero-order chi connectivity index (χ0) is 12.0. The Kier molecular flexibility index (Phi) is 4.28. The molecule has 86 valence electrons. The van der Waals surface area contributed by atoms with Crippen molar-refractivity contribution in [3.05, 3.63) is 30.3 Å². The van der Waals surface area contributed by atoms with Crippen LogP contribution in [0.2, 0.25) is 0 Å². The van der Waals surface area contributed by atoms with Gasteiger partial charge in [0.15, 0.2) is 6.04 Å². The number of para-hydroxylation sites is 1. The molecule has 0 aliphatic rings. The molecule has 1 rings (SSSR count). The van der Waals surface area contributed by atoms with E-state index in [0.29, 0.717) is 5.69 Å². The fourth-order valence-electron chi connectivity index (χ4n) is 1.03. The van der Waals surface area contributed by atoms with Crippen LogP contribution in [0.4, 0.5) is 10.5 Å². The normalized spacial score (nSPS) is 11.6. The Morgan fingerprint density at radius 2 is 1.88 bits per heavy atom. The van der Waals surface area contributed by atoms with Gasteiger partial charge in [0.1, 0.15) is 0 Å². The van der Waals surface area contributed by atoms with Gasteiger partial charge in [-0.15, -0.1) is 0 Å². The van der Waals surface area contributed by atoms with E-state index in [4.69, 9.17) is 10.2 Å². The summed E-state index contributed by atoms with van der Waals surface area (Å²) in [5.74, 6) is -1.29. The topological polar surface area (TPSA) is 98.7 Å². The minimum absolute atomic E-state index is 0.544. The van der Waals surface area contributed by atoms with Crippen molar-refractivity contribution in [1.82, 2.24) is 5.32 Å². The number of aliphatic hydroxyl groups excluding tert-OH is 1. The second-order valence-corrected chi connectivity index (χ2v) is 3.04. The maximum atomic E-state index is 11.3. The Hall–Kier alpha value is -2.08. The summed E-state index contributed by atoms with van der Waals surface area (Å²) in [5.41, 5.74) is 0.544. The molecule has 6 heteroatoms. The van der Waals surface area contributed by atoms with Crippen LogP contribution >= 0.6 is 0 Å². The highest BCUT2D eigenvalue weighted by atomic mass is 16.4. The number of carboxylic acid groups (broad SMARTS) is 1. The molecule has 0 saturated carbocycles. The molecule has 0 heterocycles. The molecule has 0 aromatic heterocycles. The molecule has 0 radical (unpaired) electrons. The van der Waals surface area contributed by atoms with Crippen molar-refractivity contribution in [3.63, 3.8) is 0 Å². The fourth-order valence-corrected chi connectivity index (χ4v) is 1.03. The number of urea groups is 1. The molecule has 0 aliphatic carbocycles. The zero-order valence-electron chi connectivity index (χ0n) is 8.38. The lowest BCUT2D eigenvalue weighted by Gasteiger charge is -2.12. The second kappa shape index (κ2) is 5.72. The van der Waals surface area contributed by atoms with Crippen LogP contribution < -0.4 is 10.6 Å². The highest BCUT2D eigenvalue weighted by Gasteiger charge is 2.18. The quantitative estimate of drug-likeness (QED) is 0.589. The van der Waals surface area contributed by atoms with Crippen molar-refractivity contribution >= 4 is 17.7 Å². The average Bonchev–Trinajstić information content (AvgIpc) is 2.27. The van der Waals surface area contributed by atoms with Crippen molar-refractivity contribution in [1.29, 1.82) is 0 Å². The number of carbonyl (C=O) groups excluding carboxylic acids is 1. The first-order valence-electron chi connectivity index (χ1n) is 4.59. The third kappa shape index (κ3) is 3.58. The molecule has 4 N–H and O–H groups in total. The predicted molar refractivity (Wildman–Crippen MR) is 57.1 cm³/mol. The first-order chi connectivity index (χ1) is 7.63. The maximum absolute atomic E-state index is 11.3. The van der Waals surface area contributed by atoms with E-state index in [1.165, 1.54) is 0 Å². The summed E-state index contributed by atoms with van der Waals surface area (Å²) < 4.78 is 0. The number of amides is 2. The van der Waals surface area contributed by atoms with Gasteiger partial charge in [0, 0.05) is 5.69 Å². The van der Waals surface area contributed by atoms with E-state index in [1.807, 2.05) is 0 Å². The maximum Gasteiger partial charge on any atom is 0.328 e. The van der Waals surface area contributed by atoms with Crippen LogP contribution in [0.3, 0.4) is 0 Å². The van der Waals surface area contributed by atoms with Gasteiger partial charge in [-0.05, 0) is 12.1 Å². The number of carbonyl (C=O) groups is 2. The fraction of sp³-hybridized carbons (Fsp3) is 0.200. The lowest BCUT2D eigenvalue weighted by Crippen LogP contribution is -2.45. The number of nitrogens with one attached hydrogen (secondary N) is 2. The van der Waals surface area contributed by atoms with Gasteiger partial charge in [-0.25, -0.2) is 9.59 Å². The summed E-state index contributed by atoms with van der Waals surface area (Å²) in [7, 11) is 0. The highest BCUT2D eigenvalue weighted by molar-refractivity contribution is 5.92. The standard InChI is InChI=1S/C10H12N2O4/c13-6-8(9(14)15)12-10(16)11-7-4-2-1-3-5-7/h1-5,8,13H,6H2,(H,14,15)(H2,11,12,16)/t8-/m1/s1. The van der Waals surface area contributed by atoms with E-state index in [1.54, 1.807) is 30.3 Å². The van der Waals surface area contributed by atoms with Crippen molar-refractivity contribution < 1.29 is 19.8 Å². The molecule has 0 unspecified atom stereocenters. The Labute approximate surface area is 91.9 Å². The van der Waals surface area contributed by atoms with Gasteiger partial charge in [0.05, 0.1) is 6.61 Å². The SMILES string of the molecule is O=C(Nc1ccccc1)N[C@H](CO)C(=O)O. The largest absolute Gasteiger partial charge is 0.480 e. The van der Waals surface area contributed by atoms with Gasteiger partial charge >= 0.3 is 12.0 Å². The average molecular weight is 224 g/mol. The number of carboxylic acids is 1. The number of benzene rings is 1. The van der Waals surface area contributed by atoms with Crippen LogP contribution in [0.1, 0.15) is 0 Å². The van der Waals surface area contributed by atoms with Gasteiger partial charge in [-0.1, -0.05) is 18.2 Å². The number of aliphatic carboxylic acids is 1. The van der Waals surface area contributed by atoms with E-state index in [0.717, 1.165) is 0 Å². The van der Waals surface area contributed by atoms with Crippen molar-refractivity contribution in [3.8, 4) is 0 Å². The molecule has 0 aliphatic heterocycles. The predicted octanol–water partition coefficient (Wildman–Crippen LogP) is 0.254. The van der Waals surface area contributed by atoms with Crippen LogP contribution in [0, 0.1) is 0 Å². The van der Waals surface area contributed by atoms with E-state index in [-0.39, 0.29) is 0 Å². The van der Waals surface area contributed by atoms with E-state index >= 15 is 0 Å². The van der Waals surface area contributed by atoms with E-state index in [9.17, 15) is 9.59 Å². The van der Waals surface area contributed by atoms with Crippen molar-refractivity contribution in [2.24, 2.45) is 0 Å². The number of aliphatic hydroxyl groups is 1. The van der Waals surface area contributed by atoms with Gasteiger partial charge < -0.3 is 20.8 Å². The Morgan fingerprint density at radius 1 is 1.25 bits per heavy atom. The summed E-state index contributed by atoms with van der Waals surface area (Å²) >= 11 is 0. The second-order valence-electron chi connectivity index (χ2n) is 3.04. The minimum atomic E-state index is -1.30. The van der Waals surface area contributed by atoms with Gasteiger partial charge in [0.2, 0.25) is 0 Å². The van der Waals surface area contributed by atoms with Crippen LogP contribution in [-0.2, 0) is 4.79 Å². The minimum Gasteiger partial charge on any atom is -0.480 e. The molecular formula is C10H12N2O4. The molecule has 0 saturated heterocycles. The number of anilines is 1. The van der Waals surface area contributed by atoms with E-state index < -0.39 is 24.6 Å². The third-order valence-corrected chi connectivity index (χ3v) is 1.82. The molecule has 6 nitrogen and oxygen atoms in total. The van der Waals surface area contributed by atoms with Crippen LogP contribution in [0.25, 0.3) is 0 Å². The van der Waals surface area contributed by atoms with Gasteiger partial charge in [0.25, 0.3) is 0 Å². The molecular weight excluding hydrogens is 212 g/mol. The highest BCUT2D eigenvalue weighted by Crippen LogP contribution is 2.04. The summed E-state index contributed by atoms with van der Waals surface area (Å²) in [4.78, 5) is 21.8. The Bertz CT molecular complexity index is 366. The number of rotatable bonds is 4. The van der Waals surface area contributed by atoms with Crippen molar-refractivity contribution in [2.75, 3.05) is 11.9 Å². The molecule has 1 aromatic rings. The van der Waals surface area contributed by atoms with Crippen molar-refractivity contribution in [2.45, 2.75) is 6.04 Å². The first-order valence-corrected chi connectivity index (χ1v) is 4.59. The first kappa shape index (κ1) is 12.0. The summed E-state index contributed by atoms with van der Waals surface area (Å²) in [6.45, 7) is -0.655. The van der Waals surface area contributed by atoms with Gasteiger partial charge in [-0.3, -0.25) is 0 Å². The number of hydrogen-bond acceptors (Lipinski definition) is 3.